The van der Waals surface area contributed by atoms with Crippen molar-refractivity contribution in [1.82, 2.24) is 4.90 Å². The molecule has 0 aliphatic heterocycles. The number of hydrogen-bond acceptors (Lipinski definition) is 4. The van der Waals surface area contributed by atoms with Gasteiger partial charge in [-0.3, -0.25) is 4.79 Å². The topological polar surface area (TPSA) is 49.8 Å². The smallest absolute Gasteiger partial charge is 0.304 e. The number of carboxylic acids is 1. The lowest BCUT2D eigenvalue weighted by molar-refractivity contribution is -0.137. The molecular formula is C18H21NO3S. The van der Waals surface area contributed by atoms with Crippen molar-refractivity contribution in [2.24, 2.45) is 0 Å². The molecule has 0 saturated carbocycles. The molecule has 23 heavy (non-hydrogen) atoms. The summed E-state index contributed by atoms with van der Waals surface area (Å²) in [4.78, 5) is 15.0. The third-order valence-corrected chi connectivity index (χ3v) is 4.50. The molecule has 0 radical (unpaired) electrons. The van der Waals surface area contributed by atoms with Gasteiger partial charge in [0.15, 0.2) is 0 Å². The van der Waals surface area contributed by atoms with Gasteiger partial charge in [0, 0.05) is 22.9 Å². The highest BCUT2D eigenvalue weighted by molar-refractivity contribution is 7.99. The lowest BCUT2D eigenvalue weighted by Crippen LogP contribution is -2.21. The molecule has 2 rings (SSSR count). The number of carbonyl (C=O) groups is 1. The van der Waals surface area contributed by atoms with E-state index < -0.39 is 5.97 Å². The third-order valence-electron chi connectivity index (χ3n) is 3.39. The summed E-state index contributed by atoms with van der Waals surface area (Å²) in [7, 11) is 3.60. The van der Waals surface area contributed by atoms with Gasteiger partial charge in [0.2, 0.25) is 0 Å². The first-order valence-electron chi connectivity index (χ1n) is 7.38. The maximum absolute atomic E-state index is 10.7. The highest BCUT2D eigenvalue weighted by atomic mass is 32.2. The Morgan fingerprint density at radius 2 is 2.00 bits per heavy atom. The van der Waals surface area contributed by atoms with Crippen LogP contribution in [0.25, 0.3) is 0 Å². The predicted octanol–water partition coefficient (Wildman–Crippen LogP) is 3.75. The van der Waals surface area contributed by atoms with Crippen molar-refractivity contribution in [3.8, 4) is 5.75 Å². The molecule has 0 amide bonds. The molecule has 0 heterocycles. The number of benzene rings is 2. The maximum Gasteiger partial charge on any atom is 0.304 e. The van der Waals surface area contributed by atoms with E-state index in [1.165, 1.54) is 10.5 Å². The second-order valence-corrected chi connectivity index (χ2v) is 6.39. The minimum atomic E-state index is -0.768. The molecular weight excluding hydrogens is 310 g/mol. The van der Waals surface area contributed by atoms with E-state index in [9.17, 15) is 4.79 Å². The van der Waals surface area contributed by atoms with Gasteiger partial charge in [-0.2, -0.15) is 0 Å². The number of methoxy groups -OCH3 is 1. The normalized spacial score (nSPS) is 10.7. The first-order valence-corrected chi connectivity index (χ1v) is 8.20. The first kappa shape index (κ1) is 17.4. The molecule has 0 spiro atoms. The maximum atomic E-state index is 10.7. The molecule has 0 aromatic heterocycles. The van der Waals surface area contributed by atoms with Crippen LogP contribution in [0.5, 0.6) is 5.75 Å². The summed E-state index contributed by atoms with van der Waals surface area (Å²) in [6.07, 6.45) is 0.154. The van der Waals surface area contributed by atoms with Crippen LogP contribution in [-0.2, 0) is 11.3 Å². The summed E-state index contributed by atoms with van der Waals surface area (Å²) in [5.74, 6) is 0.0712. The molecule has 0 atom stereocenters. The van der Waals surface area contributed by atoms with Gasteiger partial charge in [-0.15, -0.1) is 0 Å². The van der Waals surface area contributed by atoms with Gasteiger partial charge in [0.25, 0.3) is 0 Å². The molecule has 2 aromatic carbocycles. The minimum absolute atomic E-state index is 0.154. The Labute approximate surface area is 141 Å². The van der Waals surface area contributed by atoms with Crippen LogP contribution in [-0.4, -0.2) is 36.7 Å². The lowest BCUT2D eigenvalue weighted by atomic mass is 10.2. The molecule has 2 aromatic rings. The van der Waals surface area contributed by atoms with Crippen LogP contribution in [0.3, 0.4) is 0 Å². The second kappa shape index (κ2) is 8.60. The SMILES string of the molecule is COc1cccc(Sc2ccccc2CN(C)CCC(=O)O)c1. The molecule has 4 nitrogen and oxygen atoms in total. The highest BCUT2D eigenvalue weighted by Crippen LogP contribution is 2.32. The van der Waals surface area contributed by atoms with Crippen molar-refractivity contribution in [2.45, 2.75) is 22.8 Å². The molecule has 5 heteroatoms. The quantitative estimate of drug-likeness (QED) is 0.798. The Morgan fingerprint density at radius 3 is 2.74 bits per heavy atom. The molecule has 0 saturated heterocycles. The van der Waals surface area contributed by atoms with E-state index in [-0.39, 0.29) is 6.42 Å². The number of nitrogens with zero attached hydrogens (tertiary/aromatic N) is 1. The number of carboxylic acid groups (broad SMARTS) is 1. The fourth-order valence-corrected chi connectivity index (χ4v) is 3.17. The van der Waals surface area contributed by atoms with Crippen molar-refractivity contribution < 1.29 is 14.6 Å². The van der Waals surface area contributed by atoms with Crippen LogP contribution in [0, 0.1) is 0 Å². The van der Waals surface area contributed by atoms with Gasteiger partial charge < -0.3 is 14.7 Å². The Bertz CT molecular complexity index is 660. The van der Waals surface area contributed by atoms with Gasteiger partial charge in [-0.25, -0.2) is 0 Å². The standard InChI is InChI=1S/C18H21NO3S/c1-19(11-10-18(20)21)13-14-6-3-4-9-17(14)23-16-8-5-7-15(12-16)22-2/h3-9,12H,10-11,13H2,1-2H3,(H,20,21). The minimum Gasteiger partial charge on any atom is -0.497 e. The molecule has 0 aliphatic carbocycles. The van der Waals surface area contributed by atoms with Crippen molar-refractivity contribution in [3.63, 3.8) is 0 Å². The monoisotopic (exact) mass is 331 g/mol. The van der Waals surface area contributed by atoms with Gasteiger partial charge >= 0.3 is 5.97 Å². The van der Waals surface area contributed by atoms with Gasteiger partial charge in [0.05, 0.1) is 13.5 Å². The van der Waals surface area contributed by atoms with Crippen LogP contribution in [0.4, 0.5) is 0 Å². The molecule has 0 unspecified atom stereocenters. The van der Waals surface area contributed by atoms with E-state index in [1.54, 1.807) is 18.9 Å². The van der Waals surface area contributed by atoms with Crippen LogP contribution in [0.1, 0.15) is 12.0 Å². The zero-order valence-corrected chi connectivity index (χ0v) is 14.2. The fourth-order valence-electron chi connectivity index (χ4n) is 2.18. The third kappa shape index (κ3) is 5.62. The van der Waals surface area contributed by atoms with E-state index in [0.29, 0.717) is 6.54 Å². The number of hydrogen-bond donors (Lipinski definition) is 1. The van der Waals surface area contributed by atoms with E-state index in [0.717, 1.165) is 17.2 Å². The predicted molar refractivity (Wildman–Crippen MR) is 92.1 cm³/mol. The Morgan fingerprint density at radius 1 is 1.22 bits per heavy atom. The number of rotatable bonds is 8. The van der Waals surface area contributed by atoms with Gasteiger partial charge in [-0.1, -0.05) is 36.0 Å². The molecule has 122 valence electrons. The summed E-state index contributed by atoms with van der Waals surface area (Å²) in [6, 6.07) is 16.2. The Balaban J connectivity index is 2.09. The Kier molecular flexibility index (Phi) is 6.50. The van der Waals surface area contributed by atoms with Crippen molar-refractivity contribution in [3.05, 3.63) is 54.1 Å². The zero-order valence-electron chi connectivity index (χ0n) is 13.4. The van der Waals surface area contributed by atoms with Crippen molar-refractivity contribution in [2.75, 3.05) is 20.7 Å². The summed E-state index contributed by atoms with van der Waals surface area (Å²) >= 11 is 1.69. The van der Waals surface area contributed by atoms with E-state index in [4.69, 9.17) is 9.84 Å². The molecule has 0 aliphatic rings. The fraction of sp³-hybridized carbons (Fsp3) is 0.278. The molecule has 1 N–H and O–H groups in total. The average Bonchev–Trinajstić information content (AvgIpc) is 2.55. The van der Waals surface area contributed by atoms with Crippen molar-refractivity contribution >= 4 is 17.7 Å². The van der Waals surface area contributed by atoms with Crippen molar-refractivity contribution in [1.29, 1.82) is 0 Å². The van der Waals surface area contributed by atoms with E-state index in [1.807, 2.05) is 42.3 Å². The van der Waals surface area contributed by atoms with Gasteiger partial charge in [0.1, 0.15) is 5.75 Å². The Hall–Kier alpha value is -1.98. The lowest BCUT2D eigenvalue weighted by Gasteiger charge is -2.18. The highest BCUT2D eigenvalue weighted by Gasteiger charge is 2.09. The van der Waals surface area contributed by atoms with Gasteiger partial charge in [-0.05, 0) is 36.9 Å². The van der Waals surface area contributed by atoms with Crippen LogP contribution in [0.15, 0.2) is 58.3 Å². The van der Waals surface area contributed by atoms with Crippen LogP contribution < -0.4 is 4.74 Å². The molecule has 0 bridgehead atoms. The second-order valence-electron chi connectivity index (χ2n) is 5.27. The van der Waals surface area contributed by atoms with E-state index >= 15 is 0 Å². The summed E-state index contributed by atoms with van der Waals surface area (Å²) in [5, 5.41) is 8.78. The largest absolute Gasteiger partial charge is 0.497 e. The number of ether oxygens (including phenoxy) is 1. The summed E-state index contributed by atoms with van der Waals surface area (Å²) in [5.41, 5.74) is 1.19. The summed E-state index contributed by atoms with van der Waals surface area (Å²) < 4.78 is 5.26. The average molecular weight is 331 g/mol. The van der Waals surface area contributed by atoms with Crippen LogP contribution >= 0.6 is 11.8 Å². The molecule has 0 fully saturated rings. The van der Waals surface area contributed by atoms with E-state index in [2.05, 4.69) is 18.2 Å². The zero-order chi connectivity index (χ0) is 16.7. The van der Waals surface area contributed by atoms with Crippen LogP contribution in [0.2, 0.25) is 0 Å². The first-order chi connectivity index (χ1) is 11.1. The summed E-state index contributed by atoms with van der Waals surface area (Å²) in [6.45, 7) is 1.26. The number of aliphatic carboxylic acids is 1.